The number of para-hydroxylation sites is 1. The summed E-state index contributed by atoms with van der Waals surface area (Å²) in [6, 6.07) is 8.41. The number of hydrogen-bond donors (Lipinski definition) is 3. The number of fused-ring (bicyclic) bond motifs is 2. The third kappa shape index (κ3) is 11.2. The molecule has 14 atom stereocenters. The van der Waals surface area contributed by atoms with Crippen LogP contribution in [0.1, 0.15) is 94.1 Å². The monoisotopic (exact) mass is 880 g/mol. The number of amides is 2. The molecule has 63 heavy (non-hydrogen) atoms. The maximum atomic E-state index is 14.6. The molecule has 3 saturated heterocycles. The molecule has 0 unspecified atom stereocenters. The van der Waals surface area contributed by atoms with Gasteiger partial charge in [0.25, 0.3) is 0 Å². The molecule has 4 heterocycles. The number of cyclic esters (lactones) is 1. The molecule has 16 heteroatoms. The van der Waals surface area contributed by atoms with Crippen molar-refractivity contribution in [3.05, 3.63) is 48.2 Å². The molecule has 1 aromatic heterocycles. The van der Waals surface area contributed by atoms with Crippen molar-refractivity contribution in [2.45, 2.75) is 149 Å². The van der Waals surface area contributed by atoms with E-state index < -0.39 is 102 Å². The van der Waals surface area contributed by atoms with Crippen LogP contribution in [-0.2, 0) is 42.8 Å². The van der Waals surface area contributed by atoms with Gasteiger partial charge in [0.1, 0.15) is 35.8 Å². The van der Waals surface area contributed by atoms with Crippen molar-refractivity contribution in [1.29, 1.82) is 0 Å². The number of nitrogens with zero attached hydrogens (tertiary/aromatic N) is 2. The van der Waals surface area contributed by atoms with Crippen LogP contribution in [0.2, 0.25) is 0 Å². The summed E-state index contributed by atoms with van der Waals surface area (Å²) in [5.74, 6) is -6.09. The largest absolute Gasteiger partial charge is 0.461 e. The molecule has 348 valence electrons. The van der Waals surface area contributed by atoms with Crippen molar-refractivity contribution >= 4 is 46.9 Å². The summed E-state index contributed by atoms with van der Waals surface area (Å²) in [7, 11) is 3.68. The van der Waals surface area contributed by atoms with Crippen LogP contribution in [0.5, 0.6) is 0 Å². The zero-order valence-corrected chi connectivity index (χ0v) is 38.8. The van der Waals surface area contributed by atoms with Crippen molar-refractivity contribution < 1.29 is 57.5 Å². The van der Waals surface area contributed by atoms with Crippen LogP contribution < -0.4 is 10.6 Å². The number of aliphatic hydroxyl groups excluding tert-OH is 1. The maximum absolute atomic E-state index is 14.6. The smallest absolute Gasteiger partial charge is 0.408 e. The van der Waals surface area contributed by atoms with E-state index in [-0.39, 0.29) is 37.3 Å². The fourth-order valence-corrected chi connectivity index (χ4v) is 9.47. The first-order valence-electron chi connectivity index (χ1n) is 22.2. The number of rotatable bonds is 10. The highest BCUT2D eigenvalue weighted by Gasteiger charge is 2.58. The van der Waals surface area contributed by atoms with E-state index in [1.165, 1.54) is 0 Å². The van der Waals surface area contributed by atoms with Gasteiger partial charge in [-0.15, -0.1) is 0 Å². The Morgan fingerprint density at radius 1 is 1.08 bits per heavy atom. The second-order valence-corrected chi connectivity index (χ2v) is 18.6. The minimum Gasteiger partial charge on any atom is -0.461 e. The molecule has 3 aliphatic heterocycles. The molecule has 0 radical (unpaired) electrons. The Labute approximate surface area is 371 Å². The molecule has 3 fully saturated rings. The fraction of sp³-hybridized carbons (Fsp3) is 0.660. The van der Waals surface area contributed by atoms with Gasteiger partial charge in [-0.1, -0.05) is 71.9 Å². The van der Waals surface area contributed by atoms with E-state index in [0.29, 0.717) is 6.42 Å². The predicted octanol–water partition coefficient (Wildman–Crippen LogP) is 5.82. The van der Waals surface area contributed by atoms with Gasteiger partial charge in [0, 0.05) is 41.9 Å². The summed E-state index contributed by atoms with van der Waals surface area (Å²) in [6.07, 6.45) is -2.10. The van der Waals surface area contributed by atoms with Crippen molar-refractivity contribution in [2.24, 2.45) is 29.6 Å². The number of alkyl carbamates (subject to hydrolysis) is 2. The SMILES string of the molecule is CC[C@H]1OC(=O)[C@H](C)[C@@H](OC(=O)C(C)C)[C@H](C)[C@@H](O[C@@H]2O[C@H](C)C[C@H](N(C)C)[C@H]2O)[C@](C)(OC(=O)NC/C=C/c2cnc3ccccc3c2)C[C@@H](C)C(=O)[C@H](C)[C@@H]2NC(=O)O[C@]12C. The zero-order valence-electron chi connectivity index (χ0n) is 38.8. The molecule has 0 aliphatic carbocycles. The van der Waals surface area contributed by atoms with Crippen LogP contribution in [0.3, 0.4) is 0 Å². The number of hydrogen-bond acceptors (Lipinski definition) is 14. The number of aliphatic hydroxyl groups is 1. The number of carbonyl (C=O) groups excluding carboxylic acids is 5. The fourth-order valence-electron chi connectivity index (χ4n) is 9.47. The van der Waals surface area contributed by atoms with Gasteiger partial charge in [0.15, 0.2) is 11.9 Å². The Hall–Kier alpha value is -4.64. The van der Waals surface area contributed by atoms with Gasteiger partial charge in [0.2, 0.25) is 0 Å². The van der Waals surface area contributed by atoms with Crippen LogP contribution in [0.25, 0.3) is 17.0 Å². The van der Waals surface area contributed by atoms with Crippen LogP contribution in [0, 0.1) is 29.6 Å². The standard InChI is InChI=1S/C47H68N4O12/c1-13-35-47(10)39(50-45(57)63-47)28(6)36(52)26(4)23-46(9,62-44(56)48-20-16-17-31-22-32-18-14-15-19-33(32)49-24-31)40(61-43-37(53)34(51(11)12)21-27(5)58-43)29(7)38(30(8)42(55)59-35)60-41(54)25(2)3/h14-19,22,24-30,34-35,37-40,43,53H,13,20-21,23H2,1-12H3,(H,48,56)(H,50,57)/b17-16+/t26-,27-,28+,29+,30-,34+,35-,37-,38+,39+,40-,43+,46-,47-/m1/s1. The first kappa shape index (κ1) is 49.4. The quantitative estimate of drug-likeness (QED) is 0.191. The molecule has 0 saturated carbocycles. The summed E-state index contributed by atoms with van der Waals surface area (Å²) in [5.41, 5.74) is -1.51. The summed E-state index contributed by atoms with van der Waals surface area (Å²) < 4.78 is 37.7. The molecule has 5 rings (SSSR count). The highest BCUT2D eigenvalue weighted by Crippen LogP contribution is 2.42. The predicted molar refractivity (Wildman–Crippen MR) is 234 cm³/mol. The molecular weight excluding hydrogens is 813 g/mol. The highest BCUT2D eigenvalue weighted by molar-refractivity contribution is 5.85. The van der Waals surface area contributed by atoms with Gasteiger partial charge in [-0.25, -0.2) is 9.59 Å². The first-order chi connectivity index (χ1) is 29.6. The molecule has 0 bridgehead atoms. The number of nitrogens with one attached hydrogen (secondary N) is 2. The summed E-state index contributed by atoms with van der Waals surface area (Å²) in [6.45, 7) is 16.9. The van der Waals surface area contributed by atoms with Crippen molar-refractivity contribution in [3.63, 3.8) is 0 Å². The van der Waals surface area contributed by atoms with Crippen LogP contribution >= 0.6 is 0 Å². The average molecular weight is 881 g/mol. The Bertz CT molecular complexity index is 1990. The topological polar surface area (TPSA) is 201 Å². The average Bonchev–Trinajstić information content (AvgIpc) is 3.55. The second-order valence-electron chi connectivity index (χ2n) is 18.6. The molecule has 0 spiro atoms. The lowest BCUT2D eigenvalue weighted by atomic mass is 9.73. The Morgan fingerprint density at radius 2 is 1.78 bits per heavy atom. The van der Waals surface area contributed by atoms with E-state index in [4.69, 9.17) is 28.4 Å². The van der Waals surface area contributed by atoms with Crippen LogP contribution in [0.15, 0.2) is 42.6 Å². The van der Waals surface area contributed by atoms with Gasteiger partial charge < -0.3 is 49.1 Å². The number of ketones is 1. The molecular formula is C47H68N4O12. The summed E-state index contributed by atoms with van der Waals surface area (Å²) in [4.78, 5) is 75.9. The number of Topliss-reactive ketones (excluding diaryl/α,β-unsaturated/α-hetero) is 1. The summed E-state index contributed by atoms with van der Waals surface area (Å²) >= 11 is 0. The zero-order chi connectivity index (χ0) is 46.6. The number of benzene rings is 1. The Kier molecular flexibility index (Phi) is 16.0. The number of pyridine rings is 1. The molecule has 3 N–H and O–H groups in total. The highest BCUT2D eigenvalue weighted by atomic mass is 16.7. The molecule has 1 aromatic carbocycles. The van der Waals surface area contributed by atoms with Gasteiger partial charge >= 0.3 is 24.1 Å². The van der Waals surface area contributed by atoms with E-state index in [0.717, 1.165) is 16.5 Å². The number of carbonyl (C=O) groups is 5. The van der Waals surface area contributed by atoms with E-state index in [9.17, 15) is 29.1 Å². The van der Waals surface area contributed by atoms with Gasteiger partial charge in [0.05, 0.1) is 29.5 Å². The number of likely N-dealkylation sites (N-methyl/N-ethyl adjacent to an activating group) is 1. The third-order valence-electron chi connectivity index (χ3n) is 13.0. The van der Waals surface area contributed by atoms with E-state index >= 15 is 0 Å². The molecule has 2 aromatic rings. The lowest BCUT2D eigenvalue weighted by molar-refractivity contribution is -0.298. The normalized spacial score (nSPS) is 35.7. The molecule has 3 aliphatic rings. The minimum absolute atomic E-state index is 0.0525. The van der Waals surface area contributed by atoms with Gasteiger partial charge in [-0.05, 0) is 78.7 Å². The second kappa shape index (κ2) is 20.5. The van der Waals surface area contributed by atoms with Crippen LogP contribution in [0.4, 0.5) is 9.59 Å². The number of esters is 2. The van der Waals surface area contributed by atoms with Gasteiger partial charge in [-0.2, -0.15) is 0 Å². The van der Waals surface area contributed by atoms with Crippen molar-refractivity contribution in [2.75, 3.05) is 20.6 Å². The minimum atomic E-state index is -1.73. The third-order valence-corrected chi connectivity index (χ3v) is 13.0. The lowest BCUT2D eigenvalue weighted by Crippen LogP contribution is -2.61. The maximum Gasteiger partial charge on any atom is 0.408 e. The van der Waals surface area contributed by atoms with E-state index in [2.05, 4.69) is 15.6 Å². The van der Waals surface area contributed by atoms with Gasteiger partial charge in [-0.3, -0.25) is 19.4 Å². The molecule has 2 amide bonds. The Balaban J connectivity index is 1.59. The number of aromatic nitrogens is 1. The van der Waals surface area contributed by atoms with E-state index in [1.54, 1.807) is 74.6 Å². The molecule has 16 nitrogen and oxygen atoms in total. The van der Waals surface area contributed by atoms with Crippen molar-refractivity contribution in [3.8, 4) is 0 Å². The number of ether oxygens (including phenoxy) is 6. The van der Waals surface area contributed by atoms with Crippen molar-refractivity contribution in [1.82, 2.24) is 20.5 Å². The first-order valence-corrected chi connectivity index (χ1v) is 22.2. The van der Waals surface area contributed by atoms with E-state index in [1.807, 2.05) is 62.3 Å². The Morgan fingerprint density at radius 3 is 2.44 bits per heavy atom. The lowest BCUT2D eigenvalue weighted by Gasteiger charge is -2.48. The summed E-state index contributed by atoms with van der Waals surface area (Å²) in [5, 5.41) is 18.3. The van der Waals surface area contributed by atoms with Crippen LogP contribution in [-0.4, -0.2) is 126 Å².